The van der Waals surface area contributed by atoms with Gasteiger partial charge < -0.3 is 5.32 Å². The molecule has 2 heterocycles. The Labute approximate surface area is 149 Å². The predicted molar refractivity (Wildman–Crippen MR) is 94.8 cm³/mol. The molecular weight excluding hydrogens is 334 g/mol. The predicted octanol–water partition coefficient (Wildman–Crippen LogP) is 1.62. The Hall–Kier alpha value is -3.22. The number of imide groups is 2. The second kappa shape index (κ2) is 5.66. The van der Waals surface area contributed by atoms with Gasteiger partial charge >= 0.3 is 0 Å². The summed E-state index contributed by atoms with van der Waals surface area (Å²) in [5, 5.41) is 4.40. The Morgan fingerprint density at radius 1 is 1.04 bits per heavy atom. The van der Waals surface area contributed by atoms with Crippen LogP contribution in [-0.2, 0) is 9.59 Å². The molecule has 2 aromatic carbocycles. The van der Waals surface area contributed by atoms with Gasteiger partial charge in [0.05, 0.1) is 5.56 Å². The van der Waals surface area contributed by atoms with Crippen LogP contribution in [0.25, 0.3) is 10.8 Å². The molecule has 2 aromatic rings. The summed E-state index contributed by atoms with van der Waals surface area (Å²) in [6.07, 6.45) is 0.272. The molecule has 1 unspecified atom stereocenters. The van der Waals surface area contributed by atoms with E-state index in [0.717, 1.165) is 20.9 Å². The van der Waals surface area contributed by atoms with E-state index in [0.29, 0.717) is 16.5 Å². The van der Waals surface area contributed by atoms with E-state index in [4.69, 9.17) is 0 Å². The van der Waals surface area contributed by atoms with Gasteiger partial charge in [0, 0.05) is 37.2 Å². The van der Waals surface area contributed by atoms with Gasteiger partial charge in [-0.15, -0.1) is 0 Å². The number of likely N-dealkylation sites (tertiary alicyclic amines) is 1. The van der Waals surface area contributed by atoms with Crippen molar-refractivity contribution < 1.29 is 19.2 Å². The quantitative estimate of drug-likeness (QED) is 0.831. The summed E-state index contributed by atoms with van der Waals surface area (Å²) < 4.78 is 0. The third-order valence-corrected chi connectivity index (χ3v) is 5.10. The summed E-state index contributed by atoms with van der Waals surface area (Å²) in [7, 11) is 3.13. The fraction of sp³-hybridized carbons (Fsp3) is 0.263. The van der Waals surface area contributed by atoms with Crippen molar-refractivity contribution >= 4 is 40.1 Å². The second-order valence-electron chi connectivity index (χ2n) is 6.50. The number of anilines is 1. The zero-order valence-corrected chi connectivity index (χ0v) is 14.4. The van der Waals surface area contributed by atoms with Crippen LogP contribution in [0.1, 0.15) is 33.6 Å². The zero-order valence-electron chi connectivity index (χ0n) is 14.4. The lowest BCUT2D eigenvalue weighted by Crippen LogP contribution is -2.57. The first-order chi connectivity index (χ1) is 12.4. The summed E-state index contributed by atoms with van der Waals surface area (Å²) in [5.41, 5.74) is 1.52. The third-order valence-electron chi connectivity index (χ3n) is 5.10. The minimum atomic E-state index is -0.959. The molecule has 0 spiro atoms. The number of piperidine rings is 1. The first kappa shape index (κ1) is 16.3. The van der Waals surface area contributed by atoms with Crippen LogP contribution >= 0.6 is 0 Å². The zero-order chi connectivity index (χ0) is 18.6. The van der Waals surface area contributed by atoms with Gasteiger partial charge in [0.15, 0.2) is 0 Å². The van der Waals surface area contributed by atoms with Crippen molar-refractivity contribution in [1.29, 1.82) is 0 Å². The molecule has 4 rings (SSSR count). The number of rotatable bonds is 2. The molecule has 0 saturated carbocycles. The van der Waals surface area contributed by atoms with E-state index in [-0.39, 0.29) is 18.7 Å². The molecular formula is C19H17N3O4. The smallest absolute Gasteiger partial charge is 0.262 e. The van der Waals surface area contributed by atoms with E-state index in [1.807, 2.05) is 12.1 Å². The highest BCUT2D eigenvalue weighted by molar-refractivity contribution is 6.27. The molecule has 0 radical (unpaired) electrons. The lowest BCUT2D eigenvalue weighted by Gasteiger charge is -2.37. The summed E-state index contributed by atoms with van der Waals surface area (Å²) >= 11 is 0. The number of carbonyl (C=O) groups excluding carboxylic acids is 4. The fourth-order valence-corrected chi connectivity index (χ4v) is 3.69. The number of hydrogen-bond donors (Lipinski definition) is 1. The maximum absolute atomic E-state index is 13.1. The standard InChI is InChI=1S/C19H17N3O4/c1-20-11-8-10-4-3-5-12-16(10)13(9-11)18(25)22(17(12)24)14-6-7-15(23)21(2)19(14)26/h3-5,8-9,14,20H,6-7H2,1-2H3. The van der Waals surface area contributed by atoms with E-state index < -0.39 is 23.8 Å². The Bertz CT molecular complexity index is 998. The average Bonchev–Trinajstić information content (AvgIpc) is 2.65. The van der Waals surface area contributed by atoms with Crippen LogP contribution in [0.5, 0.6) is 0 Å². The molecule has 7 nitrogen and oxygen atoms in total. The van der Waals surface area contributed by atoms with Crippen molar-refractivity contribution in [2.45, 2.75) is 18.9 Å². The molecule has 2 aliphatic rings. The van der Waals surface area contributed by atoms with Crippen LogP contribution in [0.4, 0.5) is 5.69 Å². The molecule has 7 heteroatoms. The first-order valence-electron chi connectivity index (χ1n) is 8.37. The van der Waals surface area contributed by atoms with Crippen LogP contribution in [0.2, 0.25) is 0 Å². The summed E-state index contributed by atoms with van der Waals surface area (Å²) in [5.74, 6) is -1.82. The second-order valence-corrected chi connectivity index (χ2v) is 6.50. The molecule has 4 amide bonds. The summed E-state index contributed by atoms with van der Waals surface area (Å²) in [6.45, 7) is 0. The van der Waals surface area contributed by atoms with Crippen molar-refractivity contribution in [3.63, 3.8) is 0 Å². The Kier molecular flexibility index (Phi) is 3.54. The van der Waals surface area contributed by atoms with Crippen molar-refractivity contribution in [2.75, 3.05) is 19.4 Å². The highest BCUT2D eigenvalue weighted by Gasteiger charge is 2.44. The minimum Gasteiger partial charge on any atom is -0.388 e. The monoisotopic (exact) mass is 351 g/mol. The molecule has 132 valence electrons. The molecule has 1 fully saturated rings. The fourth-order valence-electron chi connectivity index (χ4n) is 3.69. The molecule has 0 bridgehead atoms. The van der Waals surface area contributed by atoms with Crippen LogP contribution in [0.3, 0.4) is 0 Å². The topological polar surface area (TPSA) is 86.8 Å². The minimum absolute atomic E-state index is 0.123. The SMILES string of the molecule is CNc1cc2c3c(cccc3c1)C(=O)N(C1CCC(=O)N(C)C1=O)C2=O. The van der Waals surface area contributed by atoms with Crippen molar-refractivity contribution in [1.82, 2.24) is 9.80 Å². The van der Waals surface area contributed by atoms with Gasteiger partial charge in [-0.25, -0.2) is 0 Å². The van der Waals surface area contributed by atoms with Gasteiger partial charge in [0.1, 0.15) is 6.04 Å². The molecule has 2 aliphatic heterocycles. The molecule has 1 atom stereocenters. The van der Waals surface area contributed by atoms with E-state index >= 15 is 0 Å². The lowest BCUT2D eigenvalue weighted by atomic mass is 9.91. The largest absolute Gasteiger partial charge is 0.388 e. The molecule has 1 saturated heterocycles. The number of nitrogens with zero attached hydrogens (tertiary/aromatic N) is 2. The Morgan fingerprint density at radius 2 is 1.77 bits per heavy atom. The van der Waals surface area contributed by atoms with Crippen LogP contribution in [0, 0.1) is 0 Å². The Morgan fingerprint density at radius 3 is 2.50 bits per heavy atom. The Balaban J connectivity index is 1.88. The number of benzene rings is 2. The summed E-state index contributed by atoms with van der Waals surface area (Å²) in [6, 6.07) is 7.86. The molecule has 26 heavy (non-hydrogen) atoms. The van der Waals surface area contributed by atoms with E-state index in [9.17, 15) is 19.2 Å². The highest BCUT2D eigenvalue weighted by atomic mass is 16.2. The van der Waals surface area contributed by atoms with E-state index in [1.165, 1.54) is 7.05 Å². The maximum Gasteiger partial charge on any atom is 0.262 e. The van der Waals surface area contributed by atoms with Crippen molar-refractivity contribution in [3.05, 3.63) is 41.5 Å². The van der Waals surface area contributed by atoms with Gasteiger partial charge in [0.25, 0.3) is 17.7 Å². The lowest BCUT2D eigenvalue weighted by molar-refractivity contribution is -0.149. The molecule has 0 aliphatic carbocycles. The van der Waals surface area contributed by atoms with Gasteiger partial charge in [0.2, 0.25) is 5.91 Å². The number of amides is 4. The average molecular weight is 351 g/mol. The van der Waals surface area contributed by atoms with Crippen LogP contribution < -0.4 is 5.32 Å². The van der Waals surface area contributed by atoms with Crippen molar-refractivity contribution in [3.8, 4) is 0 Å². The van der Waals surface area contributed by atoms with Crippen LogP contribution in [0.15, 0.2) is 30.3 Å². The van der Waals surface area contributed by atoms with E-state index in [1.54, 1.807) is 25.2 Å². The number of carbonyl (C=O) groups is 4. The molecule has 1 N–H and O–H groups in total. The number of hydrogen-bond acceptors (Lipinski definition) is 5. The number of likely N-dealkylation sites (N-methyl/N-ethyl adjacent to an activating group) is 1. The maximum atomic E-state index is 13.1. The van der Waals surface area contributed by atoms with Crippen molar-refractivity contribution in [2.24, 2.45) is 0 Å². The van der Waals surface area contributed by atoms with E-state index in [2.05, 4.69) is 5.32 Å². The van der Waals surface area contributed by atoms with Gasteiger partial charge in [-0.2, -0.15) is 0 Å². The van der Waals surface area contributed by atoms with Gasteiger partial charge in [-0.3, -0.25) is 29.0 Å². The van der Waals surface area contributed by atoms with Gasteiger partial charge in [-0.05, 0) is 30.0 Å². The van der Waals surface area contributed by atoms with Crippen LogP contribution in [-0.4, -0.2) is 53.6 Å². The number of nitrogens with one attached hydrogen (secondary N) is 1. The molecule has 0 aromatic heterocycles. The summed E-state index contributed by atoms with van der Waals surface area (Å²) in [4.78, 5) is 52.5. The third kappa shape index (κ3) is 2.13. The normalized spacial score (nSPS) is 20.2. The highest BCUT2D eigenvalue weighted by Crippen LogP contribution is 2.34. The van der Waals surface area contributed by atoms with Gasteiger partial charge in [-0.1, -0.05) is 12.1 Å². The first-order valence-corrected chi connectivity index (χ1v) is 8.37.